The van der Waals surface area contributed by atoms with E-state index in [-0.39, 0.29) is 0 Å². The van der Waals surface area contributed by atoms with E-state index in [2.05, 4.69) is 55.6 Å². The molecule has 1 aromatic rings. The zero-order valence-electron chi connectivity index (χ0n) is 9.25. The third-order valence-electron chi connectivity index (χ3n) is 2.24. The van der Waals surface area contributed by atoms with Crippen LogP contribution in [0.2, 0.25) is 0 Å². The Hall–Kier alpha value is -1.08. The number of nitrogens with one attached hydrogen (secondary N) is 1. The molecule has 0 atom stereocenters. The molecular formula is C13H19N. The topological polar surface area (TPSA) is 12.0 Å². The van der Waals surface area contributed by atoms with Gasteiger partial charge in [0.25, 0.3) is 0 Å². The van der Waals surface area contributed by atoms with Crippen LogP contribution < -0.4 is 5.32 Å². The van der Waals surface area contributed by atoms with Gasteiger partial charge in [0.05, 0.1) is 0 Å². The quantitative estimate of drug-likeness (QED) is 0.767. The molecule has 0 spiro atoms. The minimum absolute atomic E-state index is 0.588. The molecule has 0 saturated carbocycles. The lowest BCUT2D eigenvalue weighted by Gasteiger charge is -2.08. The van der Waals surface area contributed by atoms with E-state index in [9.17, 15) is 0 Å². The first kappa shape index (κ1) is 11.0. The van der Waals surface area contributed by atoms with Gasteiger partial charge in [-0.05, 0) is 24.1 Å². The maximum Gasteiger partial charge on any atom is 0.0135 e. The second kappa shape index (κ2) is 5.61. The summed E-state index contributed by atoms with van der Waals surface area (Å²) in [6.07, 6.45) is 4.34. The van der Waals surface area contributed by atoms with Crippen LogP contribution in [-0.4, -0.2) is 13.6 Å². The third kappa shape index (κ3) is 3.00. The van der Waals surface area contributed by atoms with E-state index in [1.807, 2.05) is 7.05 Å². The molecule has 0 radical (unpaired) electrons. The highest BCUT2D eigenvalue weighted by molar-refractivity contribution is 5.54. The Balaban J connectivity index is 2.84. The summed E-state index contributed by atoms with van der Waals surface area (Å²) in [6.45, 7) is 5.38. The van der Waals surface area contributed by atoms with Crippen LogP contribution in [0, 0.1) is 0 Å². The van der Waals surface area contributed by atoms with Crippen LogP contribution >= 0.6 is 0 Å². The first-order chi connectivity index (χ1) is 6.75. The summed E-state index contributed by atoms with van der Waals surface area (Å²) in [7, 11) is 1.96. The minimum Gasteiger partial charge on any atom is -0.316 e. The minimum atomic E-state index is 0.588. The van der Waals surface area contributed by atoms with Gasteiger partial charge in [-0.3, -0.25) is 0 Å². The van der Waals surface area contributed by atoms with Gasteiger partial charge in [0, 0.05) is 6.54 Å². The summed E-state index contributed by atoms with van der Waals surface area (Å²) in [5.74, 6) is 0.588. The van der Waals surface area contributed by atoms with Crippen molar-refractivity contribution in [2.45, 2.75) is 19.8 Å². The maximum absolute atomic E-state index is 3.10. The zero-order valence-corrected chi connectivity index (χ0v) is 9.25. The van der Waals surface area contributed by atoms with Gasteiger partial charge in [-0.1, -0.05) is 50.3 Å². The van der Waals surface area contributed by atoms with Gasteiger partial charge >= 0.3 is 0 Å². The first-order valence-electron chi connectivity index (χ1n) is 5.15. The molecule has 0 heterocycles. The van der Waals surface area contributed by atoms with Gasteiger partial charge in [-0.2, -0.15) is 0 Å². The Morgan fingerprint density at radius 2 is 2.00 bits per heavy atom. The summed E-state index contributed by atoms with van der Waals surface area (Å²) < 4.78 is 0. The van der Waals surface area contributed by atoms with Gasteiger partial charge in [-0.15, -0.1) is 0 Å². The average Bonchev–Trinajstić information content (AvgIpc) is 2.19. The molecular weight excluding hydrogens is 170 g/mol. The molecule has 0 saturated heterocycles. The lowest BCUT2D eigenvalue weighted by molar-refractivity contribution is 0.863. The molecule has 1 N–H and O–H groups in total. The number of hydrogen-bond acceptors (Lipinski definition) is 1. The second-order valence-corrected chi connectivity index (χ2v) is 3.74. The normalized spacial score (nSPS) is 11.4. The molecule has 0 aliphatic carbocycles. The number of likely N-dealkylation sites (N-methyl/N-ethyl adjacent to an activating group) is 1. The Morgan fingerprint density at radius 1 is 1.29 bits per heavy atom. The lowest BCUT2D eigenvalue weighted by atomic mass is 9.97. The summed E-state index contributed by atoms with van der Waals surface area (Å²) >= 11 is 0. The summed E-state index contributed by atoms with van der Waals surface area (Å²) in [6, 6.07) is 8.56. The third-order valence-corrected chi connectivity index (χ3v) is 2.24. The van der Waals surface area contributed by atoms with Crippen LogP contribution in [0.5, 0.6) is 0 Å². The zero-order chi connectivity index (χ0) is 10.4. The van der Waals surface area contributed by atoms with Crippen molar-refractivity contribution in [3.63, 3.8) is 0 Å². The number of benzene rings is 1. The van der Waals surface area contributed by atoms with Crippen LogP contribution in [-0.2, 0) is 0 Å². The molecule has 0 aliphatic heterocycles. The van der Waals surface area contributed by atoms with Crippen LogP contribution in [0.15, 0.2) is 30.3 Å². The van der Waals surface area contributed by atoms with Crippen LogP contribution in [0.1, 0.15) is 30.9 Å². The van der Waals surface area contributed by atoms with E-state index in [4.69, 9.17) is 0 Å². The van der Waals surface area contributed by atoms with Gasteiger partial charge in [0.1, 0.15) is 0 Å². The van der Waals surface area contributed by atoms with E-state index in [1.54, 1.807) is 0 Å². The van der Waals surface area contributed by atoms with Crippen LogP contribution in [0.3, 0.4) is 0 Å². The smallest absolute Gasteiger partial charge is 0.0135 e. The Kier molecular flexibility index (Phi) is 4.41. The molecule has 0 bridgehead atoms. The maximum atomic E-state index is 3.10. The molecule has 14 heavy (non-hydrogen) atoms. The highest BCUT2D eigenvalue weighted by Gasteiger charge is 2.01. The summed E-state index contributed by atoms with van der Waals surface area (Å²) in [4.78, 5) is 0. The van der Waals surface area contributed by atoms with Crippen LogP contribution in [0.4, 0.5) is 0 Å². The van der Waals surface area contributed by atoms with E-state index >= 15 is 0 Å². The van der Waals surface area contributed by atoms with Gasteiger partial charge in [-0.25, -0.2) is 0 Å². The van der Waals surface area contributed by atoms with Crippen molar-refractivity contribution in [1.29, 1.82) is 0 Å². The van der Waals surface area contributed by atoms with Gasteiger partial charge in [0.2, 0.25) is 0 Å². The average molecular weight is 189 g/mol. The predicted molar refractivity (Wildman–Crippen MR) is 63.5 cm³/mol. The Bertz CT molecular complexity index is 300. The summed E-state index contributed by atoms with van der Waals surface area (Å²) in [5.41, 5.74) is 2.75. The van der Waals surface area contributed by atoms with Gasteiger partial charge in [0.15, 0.2) is 0 Å². The molecule has 0 amide bonds. The molecule has 1 aromatic carbocycles. The van der Waals surface area contributed by atoms with Crippen molar-refractivity contribution >= 4 is 6.08 Å². The predicted octanol–water partition coefficient (Wildman–Crippen LogP) is 3.04. The monoisotopic (exact) mass is 189 g/mol. The standard InChI is InChI=1S/C13H19N/c1-11(2)13-9-5-4-7-12(13)8-6-10-14-3/h4-9,11,14H,10H2,1-3H3. The molecule has 1 heteroatoms. The fraction of sp³-hybridized carbons (Fsp3) is 0.385. The van der Waals surface area contributed by atoms with E-state index < -0.39 is 0 Å². The lowest BCUT2D eigenvalue weighted by Crippen LogP contribution is -2.03. The summed E-state index contributed by atoms with van der Waals surface area (Å²) in [5, 5.41) is 3.10. The largest absolute Gasteiger partial charge is 0.316 e. The highest BCUT2D eigenvalue weighted by Crippen LogP contribution is 2.19. The Morgan fingerprint density at radius 3 is 2.64 bits per heavy atom. The van der Waals surface area contributed by atoms with Crippen molar-refractivity contribution in [2.75, 3.05) is 13.6 Å². The van der Waals surface area contributed by atoms with E-state index in [1.165, 1.54) is 11.1 Å². The van der Waals surface area contributed by atoms with Crippen molar-refractivity contribution in [1.82, 2.24) is 5.32 Å². The van der Waals surface area contributed by atoms with Crippen molar-refractivity contribution in [3.8, 4) is 0 Å². The highest BCUT2D eigenvalue weighted by atomic mass is 14.8. The molecule has 0 fully saturated rings. The van der Waals surface area contributed by atoms with Crippen molar-refractivity contribution in [3.05, 3.63) is 41.5 Å². The fourth-order valence-electron chi connectivity index (χ4n) is 1.49. The molecule has 1 nitrogen and oxygen atoms in total. The number of rotatable bonds is 4. The van der Waals surface area contributed by atoms with Crippen molar-refractivity contribution < 1.29 is 0 Å². The molecule has 0 unspecified atom stereocenters. The van der Waals surface area contributed by atoms with E-state index in [0.717, 1.165) is 6.54 Å². The van der Waals surface area contributed by atoms with E-state index in [0.29, 0.717) is 5.92 Å². The second-order valence-electron chi connectivity index (χ2n) is 3.74. The molecule has 0 aliphatic rings. The molecule has 76 valence electrons. The SMILES string of the molecule is CNCC=Cc1ccccc1C(C)C. The molecule has 0 aromatic heterocycles. The number of hydrogen-bond donors (Lipinski definition) is 1. The fourth-order valence-corrected chi connectivity index (χ4v) is 1.49. The first-order valence-corrected chi connectivity index (χ1v) is 5.15. The van der Waals surface area contributed by atoms with Gasteiger partial charge < -0.3 is 5.32 Å². The van der Waals surface area contributed by atoms with Crippen molar-refractivity contribution in [2.24, 2.45) is 0 Å². The molecule has 1 rings (SSSR count). The van der Waals surface area contributed by atoms with Crippen LogP contribution in [0.25, 0.3) is 6.08 Å². The Labute approximate surface area is 86.8 Å².